The van der Waals surface area contributed by atoms with Crippen molar-refractivity contribution in [2.24, 2.45) is 5.73 Å². The van der Waals surface area contributed by atoms with Gasteiger partial charge in [-0.15, -0.1) is 0 Å². The maximum absolute atomic E-state index is 11.5. The molecule has 1 unspecified atom stereocenters. The van der Waals surface area contributed by atoms with Gasteiger partial charge in [0.1, 0.15) is 0 Å². The quantitative estimate of drug-likeness (QED) is 0.155. The van der Waals surface area contributed by atoms with Gasteiger partial charge in [-0.3, -0.25) is 9.59 Å². The minimum atomic E-state index is -0.670. The number of hydrogen-bond donors (Lipinski definition) is 4. The van der Waals surface area contributed by atoms with E-state index in [1.165, 1.54) is 83.5 Å². The Morgan fingerprint density at radius 2 is 1.07 bits per heavy atom. The zero-order chi connectivity index (χ0) is 20.9. The summed E-state index contributed by atoms with van der Waals surface area (Å²) in [6.45, 7) is 0.725. The number of carboxylic acids is 1. The zero-order valence-corrected chi connectivity index (χ0v) is 18.7. The summed E-state index contributed by atoms with van der Waals surface area (Å²) in [5.41, 5.74) is 5.60. The molecule has 0 bridgehead atoms. The van der Waals surface area contributed by atoms with Crippen molar-refractivity contribution in [1.82, 2.24) is 5.32 Å². The summed E-state index contributed by atoms with van der Waals surface area (Å²) in [6, 6.07) is -0.487. The van der Waals surface area contributed by atoms with E-state index in [2.05, 4.69) is 17.9 Å². The van der Waals surface area contributed by atoms with Crippen LogP contribution in [0.2, 0.25) is 0 Å². The van der Waals surface area contributed by atoms with E-state index in [0.29, 0.717) is 12.2 Å². The van der Waals surface area contributed by atoms with Gasteiger partial charge in [0.05, 0.1) is 6.04 Å². The number of amides is 1. The zero-order valence-electron chi connectivity index (χ0n) is 17.8. The minimum absolute atomic E-state index is 0.0919. The highest BCUT2D eigenvalue weighted by Gasteiger charge is 2.09. The molecule has 1 amide bonds. The van der Waals surface area contributed by atoms with Gasteiger partial charge >= 0.3 is 5.97 Å². The Labute approximate surface area is 178 Å². The highest BCUT2D eigenvalue weighted by atomic mass is 32.1. The van der Waals surface area contributed by atoms with Crippen LogP contribution >= 0.6 is 12.6 Å². The molecule has 0 aromatic heterocycles. The van der Waals surface area contributed by atoms with E-state index in [0.717, 1.165) is 25.8 Å². The molecule has 0 radical (unpaired) electrons. The fourth-order valence-electron chi connectivity index (χ4n) is 3.30. The summed E-state index contributed by atoms with van der Waals surface area (Å²) in [5, 5.41) is 11.4. The topological polar surface area (TPSA) is 92.4 Å². The predicted octanol–water partition coefficient (Wildman–Crippen LogP) is 5.08. The maximum atomic E-state index is 11.5. The summed E-state index contributed by atoms with van der Waals surface area (Å²) < 4.78 is 0. The Balaban J connectivity index is 3.10. The molecule has 0 fully saturated rings. The van der Waals surface area contributed by atoms with Crippen molar-refractivity contribution in [2.75, 3.05) is 12.3 Å². The third-order valence-corrected chi connectivity index (χ3v) is 5.54. The fraction of sp³-hybridized carbons (Fsp3) is 0.909. The van der Waals surface area contributed by atoms with Crippen molar-refractivity contribution in [2.45, 2.75) is 115 Å². The minimum Gasteiger partial charge on any atom is -0.481 e. The Morgan fingerprint density at radius 3 is 1.43 bits per heavy atom. The van der Waals surface area contributed by atoms with Gasteiger partial charge < -0.3 is 16.2 Å². The summed E-state index contributed by atoms with van der Waals surface area (Å²) in [5.74, 6) is -0.371. The third kappa shape index (κ3) is 20.0. The second-order valence-corrected chi connectivity index (χ2v) is 8.25. The third-order valence-electron chi connectivity index (χ3n) is 5.15. The average Bonchev–Trinajstić information content (AvgIpc) is 2.68. The van der Waals surface area contributed by atoms with Crippen LogP contribution in [-0.4, -0.2) is 35.3 Å². The molecule has 0 aliphatic carbocycles. The molecule has 0 rings (SSSR count). The first-order valence-electron chi connectivity index (χ1n) is 11.4. The van der Waals surface area contributed by atoms with Crippen molar-refractivity contribution < 1.29 is 14.7 Å². The lowest BCUT2D eigenvalue weighted by molar-refractivity contribution is -0.137. The number of hydrogen-bond acceptors (Lipinski definition) is 4. The molecular weight excluding hydrogens is 372 g/mol. The Bertz CT molecular complexity index is 381. The summed E-state index contributed by atoms with van der Waals surface area (Å²) in [6.07, 6.45) is 20.1. The largest absolute Gasteiger partial charge is 0.481 e. The summed E-state index contributed by atoms with van der Waals surface area (Å²) in [7, 11) is 0. The summed E-state index contributed by atoms with van der Waals surface area (Å²) >= 11 is 4.02. The first-order chi connectivity index (χ1) is 13.6. The highest BCUT2D eigenvalue weighted by molar-refractivity contribution is 7.80. The highest BCUT2D eigenvalue weighted by Crippen LogP contribution is 2.14. The standard InChI is InChI=1S/C22H44N2O3S/c23-20(19-28)22(27)24-18-16-14-12-10-8-6-4-2-1-3-5-7-9-11-13-15-17-21(25)26/h20,28H,1-19,23H2,(H,24,27)(H,25,26). The number of nitrogens with two attached hydrogens (primary N) is 1. The molecule has 0 aliphatic heterocycles. The fourth-order valence-corrected chi connectivity index (χ4v) is 3.47. The lowest BCUT2D eigenvalue weighted by Crippen LogP contribution is -2.42. The van der Waals surface area contributed by atoms with Crippen molar-refractivity contribution >= 4 is 24.5 Å². The molecule has 0 saturated carbocycles. The smallest absolute Gasteiger partial charge is 0.303 e. The molecule has 1 atom stereocenters. The van der Waals surface area contributed by atoms with E-state index in [1.54, 1.807) is 0 Å². The van der Waals surface area contributed by atoms with Crippen molar-refractivity contribution in [3.05, 3.63) is 0 Å². The van der Waals surface area contributed by atoms with E-state index in [4.69, 9.17) is 10.8 Å². The first kappa shape index (κ1) is 27.2. The van der Waals surface area contributed by atoms with E-state index in [9.17, 15) is 9.59 Å². The van der Waals surface area contributed by atoms with Crippen molar-refractivity contribution in [1.29, 1.82) is 0 Å². The number of carbonyl (C=O) groups is 2. The molecule has 4 N–H and O–H groups in total. The normalized spacial score (nSPS) is 12.1. The summed E-state index contributed by atoms with van der Waals surface area (Å²) in [4.78, 5) is 21.9. The van der Waals surface area contributed by atoms with Gasteiger partial charge in [-0.2, -0.15) is 12.6 Å². The lowest BCUT2D eigenvalue weighted by Gasteiger charge is -2.09. The number of nitrogens with one attached hydrogen (secondary N) is 1. The molecule has 0 heterocycles. The Kier molecular flexibility index (Phi) is 20.4. The van der Waals surface area contributed by atoms with Crippen LogP contribution in [0.25, 0.3) is 0 Å². The van der Waals surface area contributed by atoms with Gasteiger partial charge in [0.2, 0.25) is 5.91 Å². The average molecular weight is 417 g/mol. The predicted molar refractivity (Wildman–Crippen MR) is 121 cm³/mol. The van der Waals surface area contributed by atoms with Crippen LogP contribution in [0.5, 0.6) is 0 Å². The van der Waals surface area contributed by atoms with Crippen LogP contribution in [-0.2, 0) is 9.59 Å². The second-order valence-electron chi connectivity index (χ2n) is 7.88. The molecule has 6 heteroatoms. The van der Waals surface area contributed by atoms with E-state index in [1.807, 2.05) is 0 Å². The van der Waals surface area contributed by atoms with Crippen molar-refractivity contribution in [3.63, 3.8) is 0 Å². The molecule has 0 aliphatic rings. The maximum Gasteiger partial charge on any atom is 0.303 e. The number of carbonyl (C=O) groups excluding carboxylic acids is 1. The molecule has 0 aromatic rings. The number of thiol groups is 1. The van der Waals surface area contributed by atoms with Crippen LogP contribution in [0.3, 0.4) is 0 Å². The lowest BCUT2D eigenvalue weighted by atomic mass is 10.0. The molecule has 0 saturated heterocycles. The number of aliphatic carboxylic acids is 1. The molecule has 0 aromatic carbocycles. The Hall–Kier alpha value is -0.750. The number of carboxylic acid groups (broad SMARTS) is 1. The van der Waals surface area contributed by atoms with E-state index < -0.39 is 12.0 Å². The monoisotopic (exact) mass is 416 g/mol. The van der Waals surface area contributed by atoms with Crippen LogP contribution in [0.4, 0.5) is 0 Å². The van der Waals surface area contributed by atoms with E-state index >= 15 is 0 Å². The molecule has 5 nitrogen and oxygen atoms in total. The van der Waals surface area contributed by atoms with Gasteiger partial charge in [-0.05, 0) is 12.8 Å². The molecule has 0 spiro atoms. The van der Waals surface area contributed by atoms with Crippen LogP contribution in [0, 0.1) is 0 Å². The second kappa shape index (κ2) is 21.0. The van der Waals surface area contributed by atoms with Gasteiger partial charge in [0.25, 0.3) is 0 Å². The van der Waals surface area contributed by atoms with Gasteiger partial charge in [-0.1, -0.05) is 89.9 Å². The Morgan fingerprint density at radius 1 is 0.714 bits per heavy atom. The molecule has 166 valence electrons. The van der Waals surface area contributed by atoms with Gasteiger partial charge in [0.15, 0.2) is 0 Å². The molecular formula is C22H44N2O3S. The van der Waals surface area contributed by atoms with Crippen molar-refractivity contribution in [3.8, 4) is 0 Å². The van der Waals surface area contributed by atoms with Crippen LogP contribution in [0.1, 0.15) is 109 Å². The van der Waals surface area contributed by atoms with Crippen LogP contribution in [0.15, 0.2) is 0 Å². The first-order valence-corrected chi connectivity index (χ1v) is 12.1. The number of unbranched alkanes of at least 4 members (excludes halogenated alkanes) is 15. The van der Waals surface area contributed by atoms with Gasteiger partial charge in [0, 0.05) is 18.7 Å². The SMILES string of the molecule is NC(CS)C(=O)NCCCCCCCCCCCCCCCCCCC(=O)O. The number of rotatable bonds is 21. The van der Waals surface area contributed by atoms with Gasteiger partial charge in [-0.25, -0.2) is 0 Å². The molecule has 28 heavy (non-hydrogen) atoms. The van der Waals surface area contributed by atoms with E-state index in [-0.39, 0.29) is 5.91 Å². The van der Waals surface area contributed by atoms with Crippen LogP contribution < -0.4 is 11.1 Å².